The molecule has 0 spiro atoms. The molecule has 2 aliphatic rings. The van der Waals surface area contributed by atoms with Crippen molar-refractivity contribution in [1.82, 2.24) is 0 Å². The molecule has 2 fully saturated rings. The molecule has 3 rings (SSSR count). The Morgan fingerprint density at radius 2 is 1.59 bits per heavy atom. The summed E-state index contributed by atoms with van der Waals surface area (Å²) in [7, 11) is 0. The molecule has 0 amide bonds. The molecule has 1 aromatic carbocycles. The third-order valence-electron chi connectivity index (χ3n) is 7.33. The molecule has 0 radical (unpaired) electrons. The Labute approximate surface area is 221 Å². The highest BCUT2D eigenvalue weighted by Crippen LogP contribution is 2.37. The molecule has 2 heterocycles. The van der Waals surface area contributed by atoms with Crippen LogP contribution in [0.2, 0.25) is 0 Å². The molecule has 2 aliphatic heterocycles. The Morgan fingerprint density at radius 3 is 2.22 bits per heavy atom. The Morgan fingerprint density at radius 1 is 0.919 bits per heavy atom. The molecule has 2 saturated heterocycles. The average molecular weight is 523 g/mol. The van der Waals surface area contributed by atoms with E-state index in [-0.39, 0.29) is 36.6 Å². The van der Waals surface area contributed by atoms with Crippen LogP contribution in [0.25, 0.3) is 0 Å². The molecule has 37 heavy (non-hydrogen) atoms. The van der Waals surface area contributed by atoms with Crippen molar-refractivity contribution in [2.75, 3.05) is 6.61 Å². The first-order chi connectivity index (χ1) is 17.4. The monoisotopic (exact) mass is 522 g/mol. The van der Waals surface area contributed by atoms with Crippen molar-refractivity contribution in [2.45, 2.75) is 117 Å². The maximum Gasteiger partial charge on any atom is 0.332 e. The molecule has 210 valence electrons. The Kier molecular flexibility index (Phi) is 10.5. The highest BCUT2D eigenvalue weighted by Gasteiger charge is 2.48. The average Bonchev–Trinajstić information content (AvgIpc) is 2.84. The summed E-state index contributed by atoms with van der Waals surface area (Å²) >= 11 is 0. The van der Waals surface area contributed by atoms with Gasteiger partial charge in [-0.05, 0) is 45.6 Å². The maximum atomic E-state index is 12.3. The molecule has 0 aliphatic carbocycles. The lowest BCUT2D eigenvalue weighted by molar-refractivity contribution is -0.338. The van der Waals surface area contributed by atoms with E-state index >= 15 is 0 Å². The molecule has 4 unspecified atom stereocenters. The number of aliphatic hydroxyl groups excluding tert-OH is 1. The number of hydrogen-bond donors (Lipinski definition) is 1. The van der Waals surface area contributed by atoms with Crippen molar-refractivity contribution in [3.63, 3.8) is 0 Å². The molecular weight excluding hydrogens is 476 g/mol. The van der Waals surface area contributed by atoms with Crippen LogP contribution in [0.1, 0.15) is 67.4 Å². The number of rotatable bonds is 9. The first kappa shape index (κ1) is 30.0. The molecule has 8 heteroatoms. The maximum absolute atomic E-state index is 12.3. The van der Waals surface area contributed by atoms with Gasteiger partial charge in [-0.25, -0.2) is 4.79 Å². The van der Waals surface area contributed by atoms with Crippen LogP contribution in [-0.4, -0.2) is 66.4 Å². The van der Waals surface area contributed by atoms with E-state index in [0.29, 0.717) is 13.0 Å². The van der Waals surface area contributed by atoms with Crippen molar-refractivity contribution >= 4 is 5.97 Å². The van der Waals surface area contributed by atoms with Gasteiger partial charge in [0.25, 0.3) is 0 Å². The summed E-state index contributed by atoms with van der Waals surface area (Å²) < 4.78 is 36.7. The van der Waals surface area contributed by atoms with Crippen LogP contribution in [0.5, 0.6) is 0 Å². The van der Waals surface area contributed by atoms with Crippen LogP contribution in [0.3, 0.4) is 0 Å². The highest BCUT2D eigenvalue weighted by atomic mass is 16.7. The van der Waals surface area contributed by atoms with Crippen molar-refractivity contribution in [1.29, 1.82) is 0 Å². The van der Waals surface area contributed by atoms with Gasteiger partial charge >= 0.3 is 5.97 Å². The summed E-state index contributed by atoms with van der Waals surface area (Å²) in [6, 6.07) is 9.95. The molecule has 10 atom stereocenters. The van der Waals surface area contributed by atoms with Crippen molar-refractivity contribution < 1.29 is 38.3 Å². The molecular formula is C29H46O8. The molecule has 1 aromatic rings. The van der Waals surface area contributed by atoms with Gasteiger partial charge < -0.3 is 33.5 Å². The van der Waals surface area contributed by atoms with E-state index in [1.165, 1.54) is 0 Å². The summed E-state index contributed by atoms with van der Waals surface area (Å²) in [5, 5.41) is 10.6. The van der Waals surface area contributed by atoms with E-state index in [1.54, 1.807) is 0 Å². The van der Waals surface area contributed by atoms with Gasteiger partial charge in [0.1, 0.15) is 18.3 Å². The minimum Gasteiger partial charge on any atom is -0.458 e. The second-order valence-electron chi connectivity index (χ2n) is 11.5. The smallest absolute Gasteiger partial charge is 0.332 e. The second kappa shape index (κ2) is 13.0. The Bertz CT molecular complexity index is 838. The highest BCUT2D eigenvalue weighted by molar-refractivity contribution is 5.71. The predicted octanol–water partition coefficient (Wildman–Crippen LogP) is 4.46. The zero-order valence-corrected chi connectivity index (χ0v) is 23.6. The quantitative estimate of drug-likeness (QED) is 0.475. The molecule has 8 nitrogen and oxygen atoms in total. The van der Waals surface area contributed by atoms with E-state index in [2.05, 4.69) is 0 Å². The predicted molar refractivity (Wildman–Crippen MR) is 138 cm³/mol. The fourth-order valence-corrected chi connectivity index (χ4v) is 4.97. The van der Waals surface area contributed by atoms with E-state index in [1.807, 2.05) is 85.7 Å². The lowest BCUT2D eigenvalue weighted by atomic mass is 9.83. The van der Waals surface area contributed by atoms with Crippen molar-refractivity contribution in [2.24, 2.45) is 17.8 Å². The number of carbonyl (C=O) groups is 1. The molecule has 0 saturated carbocycles. The van der Waals surface area contributed by atoms with E-state index < -0.39 is 42.5 Å². The third-order valence-corrected chi connectivity index (χ3v) is 7.33. The van der Waals surface area contributed by atoms with Gasteiger partial charge in [-0.1, -0.05) is 58.0 Å². The summed E-state index contributed by atoms with van der Waals surface area (Å²) in [4.78, 5) is 12.3. The van der Waals surface area contributed by atoms with Gasteiger partial charge in [-0.15, -0.1) is 0 Å². The third kappa shape index (κ3) is 7.97. The Hall–Kier alpha value is -1.55. The van der Waals surface area contributed by atoms with E-state index in [0.717, 1.165) is 5.56 Å². The lowest BCUT2D eigenvalue weighted by Crippen LogP contribution is -2.59. The van der Waals surface area contributed by atoms with Crippen molar-refractivity contribution in [3.05, 3.63) is 35.9 Å². The van der Waals surface area contributed by atoms with Crippen LogP contribution in [0.4, 0.5) is 0 Å². The number of ether oxygens (including phenoxy) is 6. The van der Waals surface area contributed by atoms with Crippen LogP contribution >= 0.6 is 0 Å². The minimum atomic E-state index is -0.669. The Balaban J connectivity index is 1.75. The molecule has 1 N–H and O–H groups in total. The number of benzene rings is 1. The van der Waals surface area contributed by atoms with Gasteiger partial charge in [0, 0.05) is 11.8 Å². The van der Waals surface area contributed by atoms with Crippen molar-refractivity contribution in [3.8, 4) is 0 Å². The summed E-state index contributed by atoms with van der Waals surface area (Å²) in [5.41, 5.74) is 0.453. The minimum absolute atomic E-state index is 0.0174. The number of hydrogen-bond acceptors (Lipinski definition) is 8. The number of aliphatic hydroxyl groups is 1. The molecule has 0 aromatic heterocycles. The topological polar surface area (TPSA) is 92.7 Å². The summed E-state index contributed by atoms with van der Waals surface area (Å²) in [5.74, 6) is -0.680. The van der Waals surface area contributed by atoms with Gasteiger partial charge in [0.2, 0.25) is 0 Å². The summed E-state index contributed by atoms with van der Waals surface area (Å²) in [6.45, 7) is 15.6. The molecule has 0 bridgehead atoms. The van der Waals surface area contributed by atoms with Gasteiger partial charge in [0.15, 0.2) is 12.6 Å². The number of carbonyl (C=O) groups excluding carboxylic acids is 1. The fraction of sp³-hybridized carbons (Fsp3) is 0.759. The summed E-state index contributed by atoms with van der Waals surface area (Å²) in [6.07, 6.45) is -2.52. The van der Waals surface area contributed by atoms with Gasteiger partial charge in [-0.3, -0.25) is 0 Å². The first-order valence-electron chi connectivity index (χ1n) is 13.5. The van der Waals surface area contributed by atoms with Crippen LogP contribution < -0.4 is 0 Å². The zero-order valence-electron chi connectivity index (χ0n) is 23.6. The van der Waals surface area contributed by atoms with E-state index in [4.69, 9.17) is 28.4 Å². The first-order valence-corrected chi connectivity index (χ1v) is 13.5. The fourth-order valence-electron chi connectivity index (χ4n) is 4.97. The van der Waals surface area contributed by atoms with Gasteiger partial charge in [0.05, 0.1) is 31.0 Å². The standard InChI is InChI=1S/C29H46O8/c1-9-22-24(31)17(2)18(3)28(35-22)36-26-20(5)34-27(33-16-23(30)37-29(6,7)8)19(4)25(26)32-15-21-13-11-10-12-14-21/h10-14,17-20,22,24-28,31H,9,15-16H2,1-8H3/t17-,18?,19?,20?,22?,24+,25+,26-,27-,28-/m1/s1. The zero-order chi connectivity index (χ0) is 27.3. The normalized spacial score (nSPS) is 36.8. The SMILES string of the molecule is CCC1O[C@H](O[C@@H]2C(C)O[C@@H](OCC(=O)OC(C)(C)C)C(C)[C@@H]2OCc2ccccc2)C(C)[C@@H](C)[C@@H]1O. The van der Waals surface area contributed by atoms with Crippen LogP contribution in [0, 0.1) is 17.8 Å². The van der Waals surface area contributed by atoms with Crippen LogP contribution in [-0.2, 0) is 39.8 Å². The largest absolute Gasteiger partial charge is 0.458 e. The van der Waals surface area contributed by atoms with Crippen LogP contribution in [0.15, 0.2) is 30.3 Å². The lowest BCUT2D eigenvalue weighted by Gasteiger charge is -2.48. The number of esters is 1. The van der Waals surface area contributed by atoms with E-state index in [9.17, 15) is 9.90 Å². The second-order valence-corrected chi connectivity index (χ2v) is 11.5. The van der Waals surface area contributed by atoms with Gasteiger partial charge in [-0.2, -0.15) is 0 Å².